The summed E-state index contributed by atoms with van der Waals surface area (Å²) in [4.78, 5) is 0. The molecule has 1 aromatic carbocycles. The Hall–Kier alpha value is -1.03. The number of rotatable bonds is 3. The van der Waals surface area contributed by atoms with E-state index in [2.05, 4.69) is 39.4 Å². The Morgan fingerprint density at radius 3 is 2.94 bits per heavy atom. The van der Waals surface area contributed by atoms with Crippen molar-refractivity contribution in [1.29, 1.82) is 0 Å². The monoisotopic (exact) mass is 325 g/mol. The maximum atomic E-state index is 5.80. The van der Waals surface area contributed by atoms with Gasteiger partial charge in [-0.25, -0.2) is 0 Å². The zero-order chi connectivity index (χ0) is 11.2. The Morgan fingerprint density at radius 2 is 2.06 bits per heavy atom. The van der Waals surface area contributed by atoms with Gasteiger partial charge in [-0.2, -0.15) is 0 Å². The summed E-state index contributed by atoms with van der Waals surface area (Å²) in [5.74, 6) is 0.979. The van der Waals surface area contributed by atoms with Crippen molar-refractivity contribution in [2.45, 2.75) is 6.92 Å². The van der Waals surface area contributed by atoms with Gasteiger partial charge in [0, 0.05) is 0 Å². The van der Waals surface area contributed by atoms with E-state index in [9.17, 15) is 0 Å². The van der Waals surface area contributed by atoms with Gasteiger partial charge in [0.25, 0.3) is 0 Å². The van der Waals surface area contributed by atoms with Gasteiger partial charge in [-0.1, -0.05) is 0 Å². The quantitative estimate of drug-likeness (QED) is 0.733. The Bertz CT molecular complexity index is 444. The Labute approximate surface area is 107 Å². The van der Waals surface area contributed by atoms with Crippen LogP contribution in [-0.2, 0) is 0 Å². The van der Waals surface area contributed by atoms with E-state index in [4.69, 9.17) is 4.74 Å². The first-order valence-electron chi connectivity index (χ1n) is 5.19. The molecule has 1 nitrogen and oxygen atoms in total. The van der Waals surface area contributed by atoms with Gasteiger partial charge in [-0.15, -0.1) is 0 Å². The summed E-state index contributed by atoms with van der Waals surface area (Å²) in [6.07, 6.45) is 6.33. The standard InChI is InChI=1S/C14H14IO/c1-12-6-2-3-8-14(12)16-11-13-7-4-5-9-15-10-13/h2-10H,11H2,1H3/q-1. The molecule has 1 aliphatic heterocycles. The average molecular weight is 325 g/mol. The van der Waals surface area contributed by atoms with Crippen LogP contribution in [0.3, 0.4) is 0 Å². The zero-order valence-corrected chi connectivity index (χ0v) is 11.3. The fraction of sp³-hybridized carbons (Fsp3) is 0.143. The molecule has 1 heterocycles. The molecule has 0 saturated carbocycles. The van der Waals surface area contributed by atoms with E-state index in [1.54, 1.807) is 0 Å². The van der Waals surface area contributed by atoms with Crippen molar-refractivity contribution in [1.82, 2.24) is 0 Å². The molecule has 16 heavy (non-hydrogen) atoms. The first-order valence-corrected chi connectivity index (χ1v) is 7.68. The van der Waals surface area contributed by atoms with E-state index in [1.807, 2.05) is 18.2 Å². The third kappa shape index (κ3) is 3.23. The normalized spacial score (nSPS) is 14.9. The average Bonchev–Trinajstić information content (AvgIpc) is 2.56. The van der Waals surface area contributed by atoms with E-state index in [0.717, 1.165) is 5.75 Å². The fourth-order valence-corrected chi connectivity index (χ4v) is 2.91. The molecule has 84 valence electrons. The molecule has 0 N–H and O–H groups in total. The third-order valence-corrected chi connectivity index (χ3v) is 4.25. The number of hydrogen-bond donors (Lipinski definition) is 0. The van der Waals surface area contributed by atoms with Gasteiger partial charge in [0.15, 0.2) is 0 Å². The van der Waals surface area contributed by atoms with E-state index < -0.39 is 0 Å². The summed E-state index contributed by atoms with van der Waals surface area (Å²) in [5.41, 5.74) is 2.47. The SMILES string of the molecule is Cc1ccccc1OCC1=C[I-]C=CC=C1. The van der Waals surface area contributed by atoms with Crippen LogP contribution in [0.2, 0.25) is 0 Å². The topological polar surface area (TPSA) is 9.23 Å². The zero-order valence-electron chi connectivity index (χ0n) is 9.19. The van der Waals surface area contributed by atoms with Crippen molar-refractivity contribution >= 4 is 0 Å². The van der Waals surface area contributed by atoms with Crippen molar-refractivity contribution in [2.24, 2.45) is 0 Å². The van der Waals surface area contributed by atoms with Crippen LogP contribution in [0.4, 0.5) is 0 Å². The van der Waals surface area contributed by atoms with Gasteiger partial charge in [-0.05, 0) is 0 Å². The van der Waals surface area contributed by atoms with Crippen molar-refractivity contribution in [3.8, 4) is 5.75 Å². The number of benzene rings is 1. The van der Waals surface area contributed by atoms with Crippen LogP contribution in [0.15, 0.2) is 56.2 Å². The minimum absolute atomic E-state index is 0.0715. The molecular formula is C14H14IO-. The minimum atomic E-state index is 0.0715. The van der Waals surface area contributed by atoms with Crippen LogP contribution >= 0.6 is 0 Å². The Kier molecular flexibility index (Phi) is 4.22. The fourth-order valence-electron chi connectivity index (χ4n) is 1.38. The molecule has 0 amide bonds. The molecule has 0 unspecified atom stereocenters. The van der Waals surface area contributed by atoms with Gasteiger partial charge < -0.3 is 0 Å². The van der Waals surface area contributed by atoms with Crippen molar-refractivity contribution in [3.63, 3.8) is 0 Å². The third-order valence-electron chi connectivity index (χ3n) is 2.26. The number of allylic oxidation sites excluding steroid dienone is 2. The van der Waals surface area contributed by atoms with Gasteiger partial charge in [0.2, 0.25) is 0 Å². The first kappa shape index (κ1) is 11.5. The van der Waals surface area contributed by atoms with Gasteiger partial charge in [-0.3, -0.25) is 0 Å². The van der Waals surface area contributed by atoms with E-state index in [-0.39, 0.29) is 21.2 Å². The number of ether oxygens (including phenoxy) is 1. The molecule has 0 radical (unpaired) electrons. The summed E-state index contributed by atoms with van der Waals surface area (Å²) in [6.45, 7) is 2.74. The molecule has 0 aromatic heterocycles. The van der Waals surface area contributed by atoms with Crippen molar-refractivity contribution in [2.75, 3.05) is 6.61 Å². The summed E-state index contributed by atoms with van der Waals surface area (Å²) >= 11 is 0.0715. The molecule has 0 bridgehead atoms. The molecule has 2 rings (SSSR count). The molecule has 0 saturated heterocycles. The van der Waals surface area contributed by atoms with Gasteiger partial charge in [0.05, 0.1) is 0 Å². The second kappa shape index (κ2) is 5.89. The summed E-state index contributed by atoms with van der Waals surface area (Å²) < 4.78 is 10.4. The van der Waals surface area contributed by atoms with Crippen LogP contribution in [-0.4, -0.2) is 6.61 Å². The number of para-hydroxylation sites is 1. The molecule has 0 spiro atoms. The van der Waals surface area contributed by atoms with Gasteiger partial charge >= 0.3 is 107 Å². The molecular weight excluding hydrogens is 311 g/mol. The first-order chi connectivity index (χ1) is 7.86. The number of aryl methyl sites for hydroxylation is 1. The van der Waals surface area contributed by atoms with Crippen LogP contribution in [0.5, 0.6) is 5.75 Å². The second-order valence-corrected chi connectivity index (χ2v) is 5.60. The number of hydrogen-bond acceptors (Lipinski definition) is 1. The molecule has 2 heteroatoms. The maximum absolute atomic E-state index is 5.80. The Morgan fingerprint density at radius 1 is 1.19 bits per heavy atom. The summed E-state index contributed by atoms with van der Waals surface area (Å²) in [7, 11) is 0. The van der Waals surface area contributed by atoms with Crippen molar-refractivity contribution in [3.05, 3.63) is 61.8 Å². The van der Waals surface area contributed by atoms with E-state index in [1.165, 1.54) is 11.1 Å². The van der Waals surface area contributed by atoms with E-state index in [0.29, 0.717) is 6.61 Å². The molecule has 0 atom stereocenters. The Balaban J connectivity index is 1.97. The molecule has 1 aromatic rings. The van der Waals surface area contributed by atoms with Crippen LogP contribution < -0.4 is 25.9 Å². The molecule has 1 aliphatic rings. The second-order valence-electron chi connectivity index (χ2n) is 3.54. The van der Waals surface area contributed by atoms with E-state index >= 15 is 0 Å². The molecule has 0 aliphatic carbocycles. The van der Waals surface area contributed by atoms with Crippen LogP contribution in [0.25, 0.3) is 0 Å². The number of halogens is 1. The molecule has 0 fully saturated rings. The van der Waals surface area contributed by atoms with Gasteiger partial charge in [0.1, 0.15) is 0 Å². The van der Waals surface area contributed by atoms with Crippen molar-refractivity contribution < 1.29 is 25.9 Å². The predicted molar refractivity (Wildman–Crippen MR) is 63.0 cm³/mol. The summed E-state index contributed by atoms with van der Waals surface area (Å²) in [6, 6.07) is 8.13. The summed E-state index contributed by atoms with van der Waals surface area (Å²) in [5, 5.41) is 0. The van der Waals surface area contributed by atoms with Crippen LogP contribution in [0, 0.1) is 6.92 Å². The van der Waals surface area contributed by atoms with Crippen LogP contribution in [0.1, 0.15) is 5.56 Å². The predicted octanol–water partition coefficient (Wildman–Crippen LogP) is 0.430.